The van der Waals surface area contributed by atoms with Crippen molar-refractivity contribution in [1.29, 1.82) is 0 Å². The zero-order valence-corrected chi connectivity index (χ0v) is 18.9. The van der Waals surface area contributed by atoms with Crippen molar-refractivity contribution in [2.45, 2.75) is 45.3 Å². The molecule has 1 amide bonds. The number of likely N-dealkylation sites (tertiary alicyclic amines) is 1. The molecule has 1 fully saturated rings. The number of carbonyl (C=O) groups excluding carboxylic acids is 2. The van der Waals surface area contributed by atoms with Gasteiger partial charge in [0.2, 0.25) is 0 Å². The lowest BCUT2D eigenvalue weighted by molar-refractivity contribution is -0.160. The zero-order chi connectivity index (χ0) is 23.2. The van der Waals surface area contributed by atoms with Gasteiger partial charge in [-0.1, -0.05) is 42.5 Å². The molecule has 0 saturated carbocycles. The van der Waals surface area contributed by atoms with Crippen LogP contribution in [0.2, 0.25) is 0 Å². The number of hydrogen-bond acceptors (Lipinski definition) is 5. The number of nitrogens with zero attached hydrogens (tertiary/aromatic N) is 3. The van der Waals surface area contributed by atoms with E-state index < -0.39 is 12.1 Å². The Morgan fingerprint density at radius 3 is 2.52 bits per heavy atom. The van der Waals surface area contributed by atoms with Crippen molar-refractivity contribution >= 4 is 22.8 Å². The fourth-order valence-corrected chi connectivity index (χ4v) is 4.35. The van der Waals surface area contributed by atoms with Gasteiger partial charge in [0.15, 0.2) is 6.10 Å². The Morgan fingerprint density at radius 1 is 1.06 bits per heavy atom. The fraction of sp³-hybridized carbons (Fsp3) is 0.385. The number of aromatic nitrogens is 2. The summed E-state index contributed by atoms with van der Waals surface area (Å²) in [5.41, 5.74) is 1.74. The van der Waals surface area contributed by atoms with Gasteiger partial charge in [-0.15, -0.1) is 0 Å². The van der Waals surface area contributed by atoms with Crippen LogP contribution in [-0.4, -0.2) is 45.5 Å². The van der Waals surface area contributed by atoms with Gasteiger partial charge in [0, 0.05) is 19.6 Å². The summed E-state index contributed by atoms with van der Waals surface area (Å²) >= 11 is 0. The minimum absolute atomic E-state index is 0.00328. The minimum Gasteiger partial charge on any atom is -0.452 e. The standard InChI is InChI=1S/C26H29N3O4/c1-19(25(31)28-14-11-21(12-15-28)17-20-7-3-2-4-8-20)33-24(30)13-16-29-18-27-23-10-6-5-9-22(23)26(29)32/h2-10,18-19,21H,11-17H2,1H3. The van der Waals surface area contributed by atoms with Gasteiger partial charge in [-0.2, -0.15) is 0 Å². The summed E-state index contributed by atoms with van der Waals surface area (Å²) in [6.45, 7) is 3.12. The largest absolute Gasteiger partial charge is 0.452 e. The second-order valence-corrected chi connectivity index (χ2v) is 8.60. The van der Waals surface area contributed by atoms with E-state index in [1.807, 2.05) is 12.1 Å². The second-order valence-electron chi connectivity index (χ2n) is 8.60. The van der Waals surface area contributed by atoms with Crippen LogP contribution in [0, 0.1) is 5.92 Å². The van der Waals surface area contributed by atoms with Gasteiger partial charge in [0.25, 0.3) is 11.5 Å². The normalized spacial score (nSPS) is 15.4. The molecule has 2 heterocycles. The minimum atomic E-state index is -0.838. The third-order valence-corrected chi connectivity index (χ3v) is 6.24. The maximum atomic E-state index is 12.8. The summed E-state index contributed by atoms with van der Waals surface area (Å²) in [6, 6.07) is 17.5. The Bertz CT molecular complexity index is 1170. The fourth-order valence-electron chi connectivity index (χ4n) is 4.35. The maximum absolute atomic E-state index is 12.8. The molecule has 3 aromatic rings. The average molecular weight is 448 g/mol. The Morgan fingerprint density at radius 2 is 1.76 bits per heavy atom. The predicted octanol–water partition coefficient (Wildman–Crippen LogP) is 3.20. The van der Waals surface area contributed by atoms with E-state index in [4.69, 9.17) is 4.74 Å². The van der Waals surface area contributed by atoms with Crippen LogP contribution >= 0.6 is 0 Å². The lowest BCUT2D eigenvalue weighted by Crippen LogP contribution is -2.44. The Hall–Kier alpha value is -3.48. The van der Waals surface area contributed by atoms with Gasteiger partial charge in [-0.25, -0.2) is 4.98 Å². The van der Waals surface area contributed by atoms with Gasteiger partial charge in [0.05, 0.1) is 23.7 Å². The lowest BCUT2D eigenvalue weighted by Gasteiger charge is -2.33. The van der Waals surface area contributed by atoms with Gasteiger partial charge in [-0.05, 0) is 49.8 Å². The number of fused-ring (bicyclic) bond motifs is 1. The number of piperidine rings is 1. The van der Waals surface area contributed by atoms with Crippen LogP contribution in [0.1, 0.15) is 31.7 Å². The van der Waals surface area contributed by atoms with E-state index in [1.165, 1.54) is 16.5 Å². The van der Waals surface area contributed by atoms with Crippen LogP contribution in [0.25, 0.3) is 10.9 Å². The first-order valence-corrected chi connectivity index (χ1v) is 11.5. The Kier molecular flexibility index (Phi) is 7.17. The number of esters is 1. The van der Waals surface area contributed by atoms with E-state index in [9.17, 15) is 14.4 Å². The zero-order valence-electron chi connectivity index (χ0n) is 18.9. The number of carbonyl (C=O) groups is 2. The average Bonchev–Trinajstić information content (AvgIpc) is 2.84. The number of amides is 1. The third kappa shape index (κ3) is 5.66. The van der Waals surface area contributed by atoms with Crippen molar-refractivity contribution in [2.75, 3.05) is 13.1 Å². The van der Waals surface area contributed by atoms with Crippen LogP contribution in [0.15, 0.2) is 65.7 Å². The molecule has 172 valence electrons. The van der Waals surface area contributed by atoms with Gasteiger partial charge >= 0.3 is 5.97 Å². The van der Waals surface area contributed by atoms with Crippen LogP contribution < -0.4 is 5.56 Å². The molecule has 0 radical (unpaired) electrons. The second kappa shape index (κ2) is 10.4. The molecule has 0 N–H and O–H groups in total. The van der Waals surface area contributed by atoms with Crippen LogP contribution in [-0.2, 0) is 27.3 Å². The number of hydrogen-bond donors (Lipinski definition) is 0. The maximum Gasteiger partial charge on any atom is 0.308 e. The molecule has 7 nitrogen and oxygen atoms in total. The summed E-state index contributed by atoms with van der Waals surface area (Å²) < 4.78 is 6.77. The molecule has 1 aliphatic heterocycles. The van der Waals surface area contributed by atoms with Crippen molar-refractivity contribution in [2.24, 2.45) is 5.92 Å². The molecule has 0 spiro atoms. The lowest BCUT2D eigenvalue weighted by atomic mass is 9.90. The molecular formula is C26H29N3O4. The van der Waals surface area contributed by atoms with Crippen molar-refractivity contribution in [3.05, 3.63) is 76.8 Å². The molecule has 1 atom stereocenters. The number of ether oxygens (including phenoxy) is 1. The number of aryl methyl sites for hydroxylation is 1. The number of rotatable bonds is 7. The number of benzene rings is 2. The molecule has 1 aromatic heterocycles. The molecule has 4 rings (SSSR count). The van der Waals surface area contributed by atoms with E-state index in [0.717, 1.165) is 19.3 Å². The molecule has 1 aliphatic rings. The van der Waals surface area contributed by atoms with Gasteiger partial charge < -0.3 is 9.64 Å². The van der Waals surface area contributed by atoms with Crippen LogP contribution in [0.4, 0.5) is 0 Å². The first kappa shape index (κ1) is 22.7. The Labute approximate surface area is 193 Å². The van der Waals surface area contributed by atoms with E-state index in [0.29, 0.717) is 29.9 Å². The summed E-state index contributed by atoms with van der Waals surface area (Å²) in [4.78, 5) is 43.6. The molecule has 7 heteroatoms. The van der Waals surface area contributed by atoms with Crippen molar-refractivity contribution < 1.29 is 14.3 Å². The summed E-state index contributed by atoms with van der Waals surface area (Å²) in [6.07, 6.45) is 3.51. The summed E-state index contributed by atoms with van der Waals surface area (Å²) in [5.74, 6) is -0.107. The van der Waals surface area contributed by atoms with E-state index in [-0.39, 0.29) is 24.4 Å². The molecular weight excluding hydrogens is 418 g/mol. The van der Waals surface area contributed by atoms with Crippen LogP contribution in [0.3, 0.4) is 0 Å². The molecule has 1 saturated heterocycles. The highest BCUT2D eigenvalue weighted by molar-refractivity contribution is 5.83. The van der Waals surface area contributed by atoms with Gasteiger partial charge in [0.1, 0.15) is 0 Å². The molecule has 2 aromatic carbocycles. The van der Waals surface area contributed by atoms with Gasteiger partial charge in [-0.3, -0.25) is 19.0 Å². The van der Waals surface area contributed by atoms with E-state index >= 15 is 0 Å². The Balaban J connectivity index is 1.24. The highest BCUT2D eigenvalue weighted by Crippen LogP contribution is 2.22. The predicted molar refractivity (Wildman–Crippen MR) is 126 cm³/mol. The molecule has 1 unspecified atom stereocenters. The SMILES string of the molecule is CC(OC(=O)CCn1cnc2ccccc2c1=O)C(=O)N1CCC(Cc2ccccc2)CC1. The highest BCUT2D eigenvalue weighted by atomic mass is 16.5. The highest BCUT2D eigenvalue weighted by Gasteiger charge is 2.28. The van der Waals surface area contributed by atoms with Crippen molar-refractivity contribution in [3.63, 3.8) is 0 Å². The van der Waals surface area contributed by atoms with E-state index in [1.54, 1.807) is 30.0 Å². The summed E-state index contributed by atoms with van der Waals surface area (Å²) in [5, 5.41) is 0.507. The first-order chi connectivity index (χ1) is 16.0. The number of para-hydroxylation sites is 1. The quantitative estimate of drug-likeness (QED) is 0.520. The third-order valence-electron chi connectivity index (χ3n) is 6.24. The molecule has 0 aliphatic carbocycles. The topological polar surface area (TPSA) is 81.5 Å². The smallest absolute Gasteiger partial charge is 0.308 e. The van der Waals surface area contributed by atoms with Crippen molar-refractivity contribution in [1.82, 2.24) is 14.5 Å². The summed E-state index contributed by atoms with van der Waals surface area (Å²) in [7, 11) is 0. The van der Waals surface area contributed by atoms with E-state index in [2.05, 4.69) is 29.2 Å². The van der Waals surface area contributed by atoms with Crippen molar-refractivity contribution in [3.8, 4) is 0 Å². The van der Waals surface area contributed by atoms with Crippen LogP contribution in [0.5, 0.6) is 0 Å². The molecule has 0 bridgehead atoms. The first-order valence-electron chi connectivity index (χ1n) is 11.5. The molecule has 33 heavy (non-hydrogen) atoms. The monoisotopic (exact) mass is 447 g/mol.